The molecule has 0 N–H and O–H groups in total. The van der Waals surface area contributed by atoms with E-state index < -0.39 is 6.43 Å². The molecule has 0 unspecified atom stereocenters. The van der Waals surface area contributed by atoms with Gasteiger partial charge in [0.2, 0.25) is 0 Å². The second kappa shape index (κ2) is 7.42. The van der Waals surface area contributed by atoms with Crippen LogP contribution >= 0.6 is 0 Å². The van der Waals surface area contributed by atoms with Crippen molar-refractivity contribution in [2.75, 3.05) is 39.3 Å². The van der Waals surface area contributed by atoms with Gasteiger partial charge in [0.1, 0.15) is 0 Å². The predicted molar refractivity (Wildman–Crippen MR) is 60.3 cm³/mol. The fourth-order valence-electron chi connectivity index (χ4n) is 1.70. The van der Waals surface area contributed by atoms with Crippen LogP contribution in [0, 0.1) is 0 Å². The summed E-state index contributed by atoms with van der Waals surface area (Å²) >= 11 is 0. The number of nitrogens with zero attached hydrogens (tertiary/aromatic N) is 2. The maximum Gasteiger partial charge on any atom is 0.409 e. The summed E-state index contributed by atoms with van der Waals surface area (Å²) < 4.78 is 29.3. The maximum atomic E-state index is 12.1. The summed E-state index contributed by atoms with van der Waals surface area (Å²) in [5.41, 5.74) is 0. The quantitative estimate of drug-likeness (QED) is 0.698. The van der Waals surface area contributed by atoms with Gasteiger partial charge in [-0.1, -0.05) is 13.3 Å². The van der Waals surface area contributed by atoms with Crippen LogP contribution in [0.25, 0.3) is 0 Å². The average molecular weight is 250 g/mol. The molecule has 1 aliphatic heterocycles. The molecule has 0 aromatic rings. The van der Waals surface area contributed by atoms with E-state index in [1.54, 1.807) is 9.80 Å². The molecule has 0 aliphatic carbocycles. The largest absolute Gasteiger partial charge is 0.449 e. The molecule has 17 heavy (non-hydrogen) atoms. The van der Waals surface area contributed by atoms with E-state index in [9.17, 15) is 13.6 Å². The zero-order chi connectivity index (χ0) is 12.7. The van der Waals surface area contributed by atoms with Gasteiger partial charge in [0.05, 0.1) is 13.2 Å². The highest BCUT2D eigenvalue weighted by Gasteiger charge is 2.23. The highest BCUT2D eigenvalue weighted by atomic mass is 19.3. The minimum absolute atomic E-state index is 0.210. The molecule has 0 aromatic carbocycles. The number of carbonyl (C=O) groups excluding carboxylic acids is 1. The van der Waals surface area contributed by atoms with Crippen molar-refractivity contribution in [1.29, 1.82) is 0 Å². The first-order chi connectivity index (χ1) is 8.13. The molecule has 1 amide bonds. The summed E-state index contributed by atoms with van der Waals surface area (Å²) in [6, 6.07) is 0. The third-order valence-electron chi connectivity index (χ3n) is 2.75. The Hall–Kier alpha value is -0.910. The zero-order valence-corrected chi connectivity index (χ0v) is 10.2. The Labute approximate surface area is 101 Å². The van der Waals surface area contributed by atoms with Crippen LogP contribution in [0.3, 0.4) is 0 Å². The van der Waals surface area contributed by atoms with Gasteiger partial charge in [0, 0.05) is 26.2 Å². The second-order valence-electron chi connectivity index (χ2n) is 4.15. The van der Waals surface area contributed by atoms with Crippen molar-refractivity contribution < 1.29 is 18.3 Å². The van der Waals surface area contributed by atoms with E-state index >= 15 is 0 Å². The SMILES string of the molecule is CCCCOC(=O)N1CCN(CC(F)F)CC1. The van der Waals surface area contributed by atoms with Crippen molar-refractivity contribution in [1.82, 2.24) is 9.80 Å². The second-order valence-corrected chi connectivity index (χ2v) is 4.15. The molecular weight excluding hydrogens is 230 g/mol. The summed E-state index contributed by atoms with van der Waals surface area (Å²) in [7, 11) is 0. The number of unbranched alkanes of at least 4 members (excludes halogenated alkanes) is 1. The molecule has 1 fully saturated rings. The number of ether oxygens (including phenoxy) is 1. The van der Waals surface area contributed by atoms with E-state index in [2.05, 4.69) is 0 Å². The molecule has 0 radical (unpaired) electrons. The summed E-state index contributed by atoms with van der Waals surface area (Å²) in [4.78, 5) is 14.8. The van der Waals surface area contributed by atoms with Gasteiger partial charge in [-0.3, -0.25) is 4.90 Å². The number of hydrogen-bond donors (Lipinski definition) is 0. The molecule has 0 spiro atoms. The van der Waals surface area contributed by atoms with Gasteiger partial charge >= 0.3 is 6.09 Å². The Bertz CT molecular complexity index is 232. The van der Waals surface area contributed by atoms with Crippen LogP contribution in [0.1, 0.15) is 19.8 Å². The van der Waals surface area contributed by atoms with E-state index in [-0.39, 0.29) is 12.6 Å². The minimum atomic E-state index is -2.31. The first-order valence-corrected chi connectivity index (χ1v) is 6.05. The lowest BCUT2D eigenvalue weighted by molar-refractivity contribution is 0.0461. The Morgan fingerprint density at radius 3 is 2.47 bits per heavy atom. The molecule has 1 aliphatic rings. The van der Waals surface area contributed by atoms with Crippen LogP contribution in [0.4, 0.5) is 13.6 Å². The first-order valence-electron chi connectivity index (χ1n) is 6.05. The number of piperazine rings is 1. The smallest absolute Gasteiger partial charge is 0.409 e. The van der Waals surface area contributed by atoms with Crippen LogP contribution < -0.4 is 0 Å². The van der Waals surface area contributed by atoms with E-state index in [0.29, 0.717) is 32.8 Å². The van der Waals surface area contributed by atoms with Crippen LogP contribution in [0.15, 0.2) is 0 Å². The van der Waals surface area contributed by atoms with Crippen molar-refractivity contribution in [3.8, 4) is 0 Å². The molecule has 0 saturated carbocycles. The van der Waals surface area contributed by atoms with E-state index in [1.807, 2.05) is 6.92 Å². The number of halogens is 2. The van der Waals surface area contributed by atoms with E-state index in [0.717, 1.165) is 12.8 Å². The van der Waals surface area contributed by atoms with Gasteiger partial charge in [-0.25, -0.2) is 13.6 Å². The van der Waals surface area contributed by atoms with Crippen molar-refractivity contribution >= 4 is 6.09 Å². The van der Waals surface area contributed by atoms with Gasteiger partial charge in [0.15, 0.2) is 0 Å². The number of amides is 1. The van der Waals surface area contributed by atoms with Gasteiger partial charge in [0.25, 0.3) is 6.43 Å². The Balaban J connectivity index is 2.19. The zero-order valence-electron chi connectivity index (χ0n) is 10.2. The van der Waals surface area contributed by atoms with Gasteiger partial charge in [-0.05, 0) is 6.42 Å². The fraction of sp³-hybridized carbons (Fsp3) is 0.909. The predicted octanol–water partition coefficient (Wildman–Crippen LogP) is 1.81. The van der Waals surface area contributed by atoms with Crippen LogP contribution in [-0.4, -0.2) is 61.6 Å². The molecule has 0 aromatic heterocycles. The number of hydrogen-bond acceptors (Lipinski definition) is 3. The number of alkyl halides is 2. The minimum Gasteiger partial charge on any atom is -0.449 e. The fourth-order valence-corrected chi connectivity index (χ4v) is 1.70. The standard InChI is InChI=1S/C11H20F2N2O2/c1-2-3-8-17-11(16)15-6-4-14(5-7-15)9-10(12)13/h10H,2-9H2,1H3. The third-order valence-corrected chi connectivity index (χ3v) is 2.75. The van der Waals surface area contributed by atoms with Crippen molar-refractivity contribution in [3.63, 3.8) is 0 Å². The van der Waals surface area contributed by atoms with Gasteiger partial charge < -0.3 is 9.64 Å². The van der Waals surface area contributed by atoms with Crippen LogP contribution in [0.5, 0.6) is 0 Å². The monoisotopic (exact) mass is 250 g/mol. The van der Waals surface area contributed by atoms with E-state index in [4.69, 9.17) is 4.74 Å². The molecule has 6 heteroatoms. The first kappa shape index (κ1) is 14.2. The number of rotatable bonds is 5. The Morgan fingerprint density at radius 1 is 1.29 bits per heavy atom. The van der Waals surface area contributed by atoms with Gasteiger partial charge in [-0.2, -0.15) is 0 Å². The van der Waals surface area contributed by atoms with Crippen molar-refractivity contribution in [3.05, 3.63) is 0 Å². The summed E-state index contributed by atoms with van der Waals surface area (Å²) in [6.45, 7) is 4.18. The van der Waals surface area contributed by atoms with Crippen molar-refractivity contribution in [2.24, 2.45) is 0 Å². The Kier molecular flexibility index (Phi) is 6.18. The third kappa shape index (κ3) is 5.30. The topological polar surface area (TPSA) is 32.8 Å². The molecule has 1 saturated heterocycles. The van der Waals surface area contributed by atoms with Crippen LogP contribution in [-0.2, 0) is 4.74 Å². The summed E-state index contributed by atoms with van der Waals surface area (Å²) in [5, 5.41) is 0. The van der Waals surface area contributed by atoms with E-state index in [1.165, 1.54) is 0 Å². The average Bonchev–Trinajstić information content (AvgIpc) is 2.29. The van der Waals surface area contributed by atoms with Crippen LogP contribution in [0.2, 0.25) is 0 Å². The summed E-state index contributed by atoms with van der Waals surface area (Å²) in [6.07, 6.45) is -0.791. The van der Waals surface area contributed by atoms with Gasteiger partial charge in [-0.15, -0.1) is 0 Å². The lowest BCUT2D eigenvalue weighted by Gasteiger charge is -2.33. The lowest BCUT2D eigenvalue weighted by Crippen LogP contribution is -2.49. The molecule has 0 atom stereocenters. The normalized spacial score (nSPS) is 17.5. The molecule has 1 heterocycles. The molecule has 0 bridgehead atoms. The number of carbonyl (C=O) groups is 1. The maximum absolute atomic E-state index is 12.1. The highest BCUT2D eigenvalue weighted by molar-refractivity contribution is 5.67. The Morgan fingerprint density at radius 2 is 1.94 bits per heavy atom. The molecular formula is C11H20F2N2O2. The highest BCUT2D eigenvalue weighted by Crippen LogP contribution is 2.06. The molecule has 1 rings (SSSR count). The summed E-state index contributed by atoms with van der Waals surface area (Å²) in [5.74, 6) is 0. The molecule has 4 nitrogen and oxygen atoms in total. The van der Waals surface area contributed by atoms with Crippen molar-refractivity contribution in [2.45, 2.75) is 26.2 Å². The molecule has 100 valence electrons. The lowest BCUT2D eigenvalue weighted by atomic mass is 10.3.